The van der Waals surface area contributed by atoms with E-state index < -0.39 is 22.5 Å². The maximum atomic E-state index is 12.2. The molecule has 0 aliphatic carbocycles. The molecule has 3 nitrogen and oxygen atoms in total. The van der Waals surface area contributed by atoms with Crippen molar-refractivity contribution in [1.82, 2.24) is 0 Å². The maximum Gasteiger partial charge on any atom is 0.416 e. The van der Waals surface area contributed by atoms with Gasteiger partial charge in [0.2, 0.25) is 0 Å². The second-order valence-electron chi connectivity index (χ2n) is 2.82. The fraction of sp³-hybridized carbons (Fsp3) is 0.222. The Morgan fingerprint density at radius 3 is 2.18 bits per heavy atom. The fourth-order valence-electron chi connectivity index (χ4n) is 0.835. The molecule has 94 valence electrons. The number of benzene rings is 1. The van der Waals surface area contributed by atoms with Crippen LogP contribution in [0.4, 0.5) is 13.2 Å². The normalized spacial score (nSPS) is 13.2. The molecule has 0 saturated heterocycles. The zero-order valence-corrected chi connectivity index (χ0v) is 9.51. The number of halogens is 5. The monoisotopic (exact) mass is 288 g/mol. The molecule has 1 unspecified atom stereocenters. The summed E-state index contributed by atoms with van der Waals surface area (Å²) in [5.41, 5.74) is -2.36. The highest BCUT2D eigenvalue weighted by Gasteiger charge is 2.30. The van der Waals surface area contributed by atoms with Gasteiger partial charge in [-0.2, -0.15) is 18.1 Å². The first-order chi connectivity index (χ1) is 7.80. The lowest BCUT2D eigenvalue weighted by Gasteiger charge is -2.09. The van der Waals surface area contributed by atoms with Gasteiger partial charge in [0.15, 0.2) is 5.75 Å². The van der Waals surface area contributed by atoms with Gasteiger partial charge in [0.1, 0.15) is 0 Å². The molecule has 0 spiro atoms. The second kappa shape index (κ2) is 5.57. The number of carbonyl (C=O) groups excluding carboxylic acids is 1. The van der Waals surface area contributed by atoms with Crippen LogP contribution in [0.25, 0.3) is 0 Å². The van der Waals surface area contributed by atoms with Gasteiger partial charge in [-0.3, -0.25) is 4.79 Å². The molecular formula is C9H5Cl2F3O3. The van der Waals surface area contributed by atoms with Gasteiger partial charge in [0.05, 0.1) is 5.56 Å². The van der Waals surface area contributed by atoms with Crippen molar-refractivity contribution < 1.29 is 27.7 Å². The fourth-order valence-corrected chi connectivity index (χ4v) is 0.908. The molecule has 0 heterocycles. The van der Waals surface area contributed by atoms with Gasteiger partial charge < -0.3 is 4.89 Å². The van der Waals surface area contributed by atoms with E-state index in [2.05, 4.69) is 9.78 Å². The van der Waals surface area contributed by atoms with E-state index in [1.54, 1.807) is 0 Å². The Morgan fingerprint density at radius 2 is 1.76 bits per heavy atom. The minimum Gasteiger partial charge on any atom is -0.336 e. The molecule has 0 amide bonds. The van der Waals surface area contributed by atoms with Crippen molar-refractivity contribution in [1.29, 1.82) is 0 Å². The summed E-state index contributed by atoms with van der Waals surface area (Å²) < 4.78 is 36.6. The van der Waals surface area contributed by atoms with E-state index in [-0.39, 0.29) is 5.75 Å². The summed E-state index contributed by atoms with van der Waals surface area (Å²) in [5.74, 6) is -0.0402. The standard InChI is InChI=1S/C9H5Cl2F3O3/c10-7(15)8(11)17-16-6-3-1-5(2-4-6)9(12,13)14/h1-4,8H. The number of hydrogen-bond donors (Lipinski definition) is 0. The maximum absolute atomic E-state index is 12.2. The molecule has 0 radical (unpaired) electrons. The van der Waals surface area contributed by atoms with Crippen LogP contribution >= 0.6 is 23.2 Å². The zero-order chi connectivity index (χ0) is 13.1. The topological polar surface area (TPSA) is 35.5 Å². The van der Waals surface area contributed by atoms with Crippen molar-refractivity contribution in [3.05, 3.63) is 29.8 Å². The third-order valence-electron chi connectivity index (χ3n) is 1.59. The molecule has 0 saturated carbocycles. The van der Waals surface area contributed by atoms with Gasteiger partial charge in [0, 0.05) is 0 Å². The van der Waals surface area contributed by atoms with Crippen molar-refractivity contribution in [2.24, 2.45) is 0 Å². The summed E-state index contributed by atoms with van der Waals surface area (Å²) in [6.07, 6.45) is -4.43. The third kappa shape index (κ3) is 4.41. The van der Waals surface area contributed by atoms with E-state index in [0.717, 1.165) is 24.3 Å². The van der Waals surface area contributed by atoms with Crippen LogP contribution in [0.1, 0.15) is 5.56 Å². The summed E-state index contributed by atoms with van der Waals surface area (Å²) in [4.78, 5) is 19.2. The van der Waals surface area contributed by atoms with Crippen molar-refractivity contribution in [2.45, 2.75) is 11.7 Å². The molecule has 17 heavy (non-hydrogen) atoms. The molecule has 0 N–H and O–H groups in total. The van der Waals surface area contributed by atoms with E-state index in [0.29, 0.717) is 0 Å². The Balaban J connectivity index is 2.60. The lowest BCUT2D eigenvalue weighted by molar-refractivity contribution is -0.216. The number of carbonyl (C=O) groups is 1. The van der Waals surface area contributed by atoms with Crippen LogP contribution in [-0.2, 0) is 15.9 Å². The molecule has 0 fully saturated rings. The number of alkyl halides is 4. The third-order valence-corrected chi connectivity index (χ3v) is 2.17. The van der Waals surface area contributed by atoms with Crippen molar-refractivity contribution >= 4 is 28.4 Å². The SMILES string of the molecule is O=C(Cl)C(Cl)OOc1ccc(C(F)(F)F)cc1. The minimum absolute atomic E-state index is 0.0402. The average Bonchev–Trinajstić information content (AvgIpc) is 2.25. The van der Waals surface area contributed by atoms with Crippen molar-refractivity contribution in [3.63, 3.8) is 0 Å². The lowest BCUT2D eigenvalue weighted by atomic mass is 10.2. The van der Waals surface area contributed by atoms with Crippen LogP contribution in [0.5, 0.6) is 5.75 Å². The summed E-state index contributed by atoms with van der Waals surface area (Å²) >= 11 is 10.2. The Labute approximate surface area is 104 Å². The van der Waals surface area contributed by atoms with Gasteiger partial charge in [0.25, 0.3) is 10.8 Å². The largest absolute Gasteiger partial charge is 0.416 e. The predicted molar refractivity (Wildman–Crippen MR) is 53.7 cm³/mol. The van der Waals surface area contributed by atoms with Crippen molar-refractivity contribution in [2.75, 3.05) is 0 Å². The first kappa shape index (κ1) is 14.1. The molecule has 1 rings (SSSR count). The molecule has 1 aromatic rings. The van der Waals surface area contributed by atoms with Crippen molar-refractivity contribution in [3.8, 4) is 5.75 Å². The van der Waals surface area contributed by atoms with Crippen LogP contribution < -0.4 is 4.89 Å². The first-order valence-corrected chi connectivity index (χ1v) is 4.96. The minimum atomic E-state index is -4.43. The van der Waals surface area contributed by atoms with Gasteiger partial charge in [-0.1, -0.05) is 11.6 Å². The molecule has 0 aliphatic rings. The molecule has 1 aromatic carbocycles. The number of rotatable bonds is 4. The van der Waals surface area contributed by atoms with Gasteiger partial charge in [-0.15, -0.1) is 0 Å². The van der Waals surface area contributed by atoms with Gasteiger partial charge >= 0.3 is 6.18 Å². The predicted octanol–water partition coefficient (Wildman–Crippen LogP) is 3.35. The zero-order valence-electron chi connectivity index (χ0n) is 8.00. The molecule has 8 heteroatoms. The lowest BCUT2D eigenvalue weighted by Crippen LogP contribution is -2.15. The highest BCUT2D eigenvalue weighted by Crippen LogP contribution is 2.30. The summed E-state index contributed by atoms with van der Waals surface area (Å²) in [7, 11) is 0. The van der Waals surface area contributed by atoms with E-state index in [4.69, 9.17) is 23.2 Å². The summed E-state index contributed by atoms with van der Waals surface area (Å²) in [6.45, 7) is 0. The molecular weight excluding hydrogens is 284 g/mol. The van der Waals surface area contributed by atoms with Crippen LogP contribution in [0.15, 0.2) is 24.3 Å². The Hall–Kier alpha value is -0.980. The highest BCUT2D eigenvalue weighted by atomic mass is 35.5. The molecule has 0 aromatic heterocycles. The Bertz CT molecular complexity index is 391. The first-order valence-electron chi connectivity index (χ1n) is 4.14. The van der Waals surface area contributed by atoms with Gasteiger partial charge in [-0.05, 0) is 35.9 Å². The Morgan fingerprint density at radius 1 is 1.24 bits per heavy atom. The second-order valence-corrected chi connectivity index (χ2v) is 3.59. The quantitative estimate of drug-likeness (QED) is 0.369. The van der Waals surface area contributed by atoms with Crippen LogP contribution in [0.3, 0.4) is 0 Å². The smallest absolute Gasteiger partial charge is 0.336 e. The van der Waals surface area contributed by atoms with E-state index >= 15 is 0 Å². The van der Waals surface area contributed by atoms with Gasteiger partial charge in [-0.25, -0.2) is 0 Å². The molecule has 0 bridgehead atoms. The van der Waals surface area contributed by atoms with E-state index in [1.807, 2.05) is 0 Å². The molecule has 1 atom stereocenters. The Kier molecular flexibility index (Phi) is 4.62. The van der Waals surface area contributed by atoms with E-state index in [9.17, 15) is 18.0 Å². The highest BCUT2D eigenvalue weighted by molar-refractivity contribution is 6.68. The molecule has 0 aliphatic heterocycles. The van der Waals surface area contributed by atoms with Crippen LogP contribution in [-0.4, -0.2) is 10.8 Å². The average molecular weight is 289 g/mol. The summed E-state index contributed by atoms with van der Waals surface area (Å²) in [6, 6.07) is 3.63. The number of hydrogen-bond acceptors (Lipinski definition) is 3. The van der Waals surface area contributed by atoms with E-state index in [1.165, 1.54) is 0 Å². The summed E-state index contributed by atoms with van der Waals surface area (Å²) in [5, 5.41) is -1.00. The van der Waals surface area contributed by atoms with Crippen LogP contribution in [0, 0.1) is 0 Å². The van der Waals surface area contributed by atoms with Crippen LogP contribution in [0.2, 0.25) is 0 Å².